The van der Waals surface area contributed by atoms with E-state index in [0.717, 1.165) is 35.8 Å². The van der Waals surface area contributed by atoms with Crippen LogP contribution in [0, 0.1) is 11.8 Å². The lowest BCUT2D eigenvalue weighted by Crippen LogP contribution is -2.39. The van der Waals surface area contributed by atoms with Gasteiger partial charge in [0.25, 0.3) is 0 Å². The van der Waals surface area contributed by atoms with Gasteiger partial charge in [-0.15, -0.1) is 11.3 Å². The lowest BCUT2D eigenvalue weighted by Gasteiger charge is -2.38. The van der Waals surface area contributed by atoms with Crippen molar-refractivity contribution in [2.24, 2.45) is 11.8 Å². The summed E-state index contributed by atoms with van der Waals surface area (Å²) in [6, 6.07) is 0. The molecule has 0 amide bonds. The van der Waals surface area contributed by atoms with E-state index in [4.69, 9.17) is 0 Å². The van der Waals surface area contributed by atoms with Gasteiger partial charge in [0.1, 0.15) is 0 Å². The Morgan fingerprint density at radius 2 is 2.33 bits per heavy atom. The van der Waals surface area contributed by atoms with E-state index in [1.165, 1.54) is 0 Å². The summed E-state index contributed by atoms with van der Waals surface area (Å²) in [6.07, 6.45) is 7.69. The van der Waals surface area contributed by atoms with E-state index in [1.54, 1.807) is 11.3 Å². The van der Waals surface area contributed by atoms with Crippen LogP contribution in [-0.2, 0) is 6.42 Å². The fraction of sp³-hybridized carbons (Fsp3) is 0.643. The van der Waals surface area contributed by atoms with Gasteiger partial charge in [-0.25, -0.2) is 4.98 Å². The summed E-state index contributed by atoms with van der Waals surface area (Å²) in [6.45, 7) is 4.54. The highest BCUT2D eigenvalue weighted by Crippen LogP contribution is 2.38. The Hall–Kier alpha value is -0.870. The maximum atomic E-state index is 10.7. The van der Waals surface area contributed by atoms with Crippen LogP contribution < -0.4 is 0 Å². The van der Waals surface area contributed by atoms with Crippen molar-refractivity contribution >= 4 is 16.3 Å². The zero-order valence-corrected chi connectivity index (χ0v) is 11.8. The molecule has 98 valence electrons. The van der Waals surface area contributed by atoms with Crippen molar-refractivity contribution in [3.63, 3.8) is 0 Å². The molecule has 3 nitrogen and oxygen atoms in total. The molecule has 3 rings (SSSR count). The third kappa shape index (κ3) is 2.19. The molecule has 0 bridgehead atoms. The van der Waals surface area contributed by atoms with Gasteiger partial charge in [-0.1, -0.05) is 13.8 Å². The van der Waals surface area contributed by atoms with Crippen molar-refractivity contribution in [2.45, 2.75) is 45.1 Å². The minimum atomic E-state index is -0.546. The first-order chi connectivity index (χ1) is 8.56. The molecule has 2 aromatic heterocycles. The van der Waals surface area contributed by atoms with Gasteiger partial charge in [0.15, 0.2) is 4.96 Å². The standard InChI is InChI=1S/C14H20N2OS/c1-10-3-4-14(17,7-11(10)2)8-12-9-16-5-6-18-13(16)15-12/h5-6,9-11,17H,3-4,7-8H2,1-2H3. The topological polar surface area (TPSA) is 37.5 Å². The highest BCUT2D eigenvalue weighted by molar-refractivity contribution is 7.15. The quantitative estimate of drug-likeness (QED) is 0.905. The average molecular weight is 264 g/mol. The monoisotopic (exact) mass is 264 g/mol. The van der Waals surface area contributed by atoms with Crippen molar-refractivity contribution < 1.29 is 5.11 Å². The van der Waals surface area contributed by atoms with Crippen molar-refractivity contribution in [1.82, 2.24) is 9.38 Å². The van der Waals surface area contributed by atoms with Crippen LogP contribution in [0.2, 0.25) is 0 Å². The van der Waals surface area contributed by atoms with E-state index in [2.05, 4.69) is 18.8 Å². The third-order valence-electron chi connectivity index (χ3n) is 4.39. The zero-order chi connectivity index (χ0) is 12.8. The molecule has 0 aromatic carbocycles. The average Bonchev–Trinajstić information content (AvgIpc) is 2.84. The zero-order valence-electron chi connectivity index (χ0n) is 11.0. The van der Waals surface area contributed by atoms with Crippen LogP contribution in [-0.4, -0.2) is 20.1 Å². The fourth-order valence-corrected chi connectivity index (χ4v) is 3.76. The lowest BCUT2D eigenvalue weighted by molar-refractivity contribution is -0.0285. The molecule has 3 unspecified atom stereocenters. The van der Waals surface area contributed by atoms with Crippen LogP contribution in [0.5, 0.6) is 0 Å². The smallest absolute Gasteiger partial charge is 0.193 e. The number of hydrogen-bond donors (Lipinski definition) is 1. The van der Waals surface area contributed by atoms with Crippen molar-refractivity contribution in [3.8, 4) is 0 Å². The Morgan fingerprint density at radius 1 is 1.50 bits per heavy atom. The maximum absolute atomic E-state index is 10.7. The molecule has 0 spiro atoms. The Labute approximate surface area is 111 Å². The number of imidazole rings is 1. The number of rotatable bonds is 2. The molecule has 3 atom stereocenters. The van der Waals surface area contributed by atoms with E-state index < -0.39 is 5.60 Å². The predicted molar refractivity (Wildman–Crippen MR) is 73.9 cm³/mol. The molecule has 2 aromatic rings. The lowest BCUT2D eigenvalue weighted by atomic mass is 9.71. The highest BCUT2D eigenvalue weighted by Gasteiger charge is 2.36. The van der Waals surface area contributed by atoms with Crippen molar-refractivity contribution in [3.05, 3.63) is 23.5 Å². The normalized spacial score (nSPS) is 33.1. The second kappa shape index (κ2) is 4.35. The Kier molecular flexibility index (Phi) is 2.94. The number of thiazole rings is 1. The largest absolute Gasteiger partial charge is 0.389 e. The highest BCUT2D eigenvalue weighted by atomic mass is 32.1. The molecule has 0 aliphatic heterocycles. The van der Waals surface area contributed by atoms with Gasteiger partial charge >= 0.3 is 0 Å². The minimum Gasteiger partial charge on any atom is -0.389 e. The number of nitrogens with zero attached hydrogens (tertiary/aromatic N) is 2. The summed E-state index contributed by atoms with van der Waals surface area (Å²) in [5, 5.41) is 12.8. The molecule has 4 heteroatoms. The van der Waals surface area contributed by atoms with Gasteiger partial charge < -0.3 is 5.11 Å². The van der Waals surface area contributed by atoms with E-state index in [1.807, 2.05) is 22.2 Å². The molecule has 1 fully saturated rings. The fourth-order valence-electron chi connectivity index (χ4n) is 3.04. The Bertz CT molecular complexity index is 518. The second-order valence-electron chi connectivity index (χ2n) is 5.92. The minimum absolute atomic E-state index is 0.546. The van der Waals surface area contributed by atoms with Gasteiger partial charge in [0.2, 0.25) is 0 Å². The predicted octanol–water partition coefficient (Wildman–Crippen LogP) is 3.13. The van der Waals surface area contributed by atoms with Crippen LogP contribution in [0.3, 0.4) is 0 Å². The summed E-state index contributed by atoms with van der Waals surface area (Å²) >= 11 is 1.64. The number of fused-ring (bicyclic) bond motifs is 1. The first-order valence-corrected chi connectivity index (χ1v) is 7.57. The maximum Gasteiger partial charge on any atom is 0.193 e. The SMILES string of the molecule is CC1CCC(O)(Cc2cn3ccsc3n2)CC1C. The van der Waals surface area contributed by atoms with E-state index in [-0.39, 0.29) is 0 Å². The molecule has 1 N–H and O–H groups in total. The summed E-state index contributed by atoms with van der Waals surface area (Å²) in [7, 11) is 0. The molecule has 1 aliphatic carbocycles. The first kappa shape index (κ1) is 12.2. The summed E-state index contributed by atoms with van der Waals surface area (Å²) in [4.78, 5) is 5.60. The molecule has 1 aliphatic rings. The van der Waals surface area contributed by atoms with Gasteiger partial charge in [0, 0.05) is 24.2 Å². The van der Waals surface area contributed by atoms with Gasteiger partial charge in [0.05, 0.1) is 11.3 Å². The Morgan fingerprint density at radius 3 is 3.06 bits per heavy atom. The van der Waals surface area contributed by atoms with Crippen LogP contribution in [0.1, 0.15) is 38.8 Å². The molecule has 0 radical (unpaired) electrons. The summed E-state index contributed by atoms with van der Waals surface area (Å²) < 4.78 is 2.04. The van der Waals surface area contributed by atoms with Crippen molar-refractivity contribution in [1.29, 1.82) is 0 Å². The van der Waals surface area contributed by atoms with Crippen LogP contribution >= 0.6 is 11.3 Å². The molecular formula is C14H20N2OS. The number of aromatic nitrogens is 2. The van der Waals surface area contributed by atoms with Crippen LogP contribution in [0.15, 0.2) is 17.8 Å². The second-order valence-corrected chi connectivity index (χ2v) is 6.80. The van der Waals surface area contributed by atoms with E-state index >= 15 is 0 Å². The summed E-state index contributed by atoms with van der Waals surface area (Å²) in [5.41, 5.74) is 0.474. The molecular weight excluding hydrogens is 244 g/mol. The van der Waals surface area contributed by atoms with Crippen molar-refractivity contribution in [2.75, 3.05) is 0 Å². The van der Waals surface area contributed by atoms with Crippen LogP contribution in [0.25, 0.3) is 4.96 Å². The number of hydrogen-bond acceptors (Lipinski definition) is 3. The molecule has 0 saturated heterocycles. The molecule has 18 heavy (non-hydrogen) atoms. The first-order valence-electron chi connectivity index (χ1n) is 6.69. The van der Waals surface area contributed by atoms with Gasteiger partial charge in [-0.3, -0.25) is 4.40 Å². The third-order valence-corrected chi connectivity index (χ3v) is 5.16. The van der Waals surface area contributed by atoms with E-state index in [0.29, 0.717) is 12.3 Å². The summed E-state index contributed by atoms with van der Waals surface area (Å²) in [5.74, 6) is 1.34. The Balaban J connectivity index is 1.77. The van der Waals surface area contributed by atoms with Gasteiger partial charge in [-0.05, 0) is 31.1 Å². The van der Waals surface area contributed by atoms with Gasteiger partial charge in [-0.2, -0.15) is 0 Å². The molecule has 2 heterocycles. The molecule has 1 saturated carbocycles. The van der Waals surface area contributed by atoms with E-state index in [9.17, 15) is 5.11 Å². The van der Waals surface area contributed by atoms with Crippen LogP contribution in [0.4, 0.5) is 0 Å². The number of aliphatic hydroxyl groups is 1.